The van der Waals surface area contributed by atoms with Gasteiger partial charge in [0.15, 0.2) is 5.13 Å². The first-order chi connectivity index (χ1) is 15.9. The molecule has 0 fully saturated rings. The lowest BCUT2D eigenvalue weighted by atomic mass is 9.99. The van der Waals surface area contributed by atoms with Gasteiger partial charge in [0.05, 0.1) is 11.3 Å². The molecule has 1 unspecified atom stereocenters. The average Bonchev–Trinajstić information content (AvgIpc) is 3.36. The summed E-state index contributed by atoms with van der Waals surface area (Å²) in [7, 11) is 0. The molecule has 33 heavy (non-hydrogen) atoms. The predicted molar refractivity (Wildman–Crippen MR) is 125 cm³/mol. The van der Waals surface area contributed by atoms with E-state index < -0.39 is 0 Å². The Kier molecular flexibility index (Phi) is 5.33. The molecule has 2 aromatic heterocycles. The highest BCUT2D eigenvalue weighted by atomic mass is 32.1. The van der Waals surface area contributed by atoms with Crippen LogP contribution in [0.4, 0.5) is 9.52 Å². The molecular formula is C24H21FN4O3S. The Bertz CT molecular complexity index is 1370. The molecule has 1 aliphatic rings. The molecule has 9 heteroatoms. The number of phenols is 1. The van der Waals surface area contributed by atoms with E-state index in [4.69, 9.17) is 15.5 Å². The Morgan fingerprint density at radius 1 is 1.27 bits per heavy atom. The Balaban J connectivity index is 1.35. The Labute approximate surface area is 193 Å². The number of nitrogen functional groups attached to an aromatic ring is 1. The van der Waals surface area contributed by atoms with Gasteiger partial charge in [-0.15, -0.1) is 0 Å². The van der Waals surface area contributed by atoms with E-state index in [1.165, 1.54) is 29.5 Å². The summed E-state index contributed by atoms with van der Waals surface area (Å²) in [6.45, 7) is 3.01. The number of fused-ring (bicyclic) bond motifs is 2. The predicted octanol–water partition coefficient (Wildman–Crippen LogP) is 4.25. The largest absolute Gasteiger partial charge is 0.506 e. The number of amides is 1. The molecule has 7 nitrogen and oxygen atoms in total. The normalized spacial score (nSPS) is 14.8. The lowest BCUT2D eigenvalue weighted by molar-refractivity contribution is 0.0954. The number of ether oxygens (including phenoxy) is 1. The first kappa shape index (κ1) is 21.1. The molecule has 1 amide bonds. The topological polar surface area (TPSA) is 110 Å². The zero-order chi connectivity index (χ0) is 23.1. The summed E-state index contributed by atoms with van der Waals surface area (Å²) in [6.07, 6.45) is 0.502. The van der Waals surface area contributed by atoms with Gasteiger partial charge in [0.25, 0.3) is 5.91 Å². The number of aromatic hydroxyl groups is 1. The highest BCUT2D eigenvalue weighted by molar-refractivity contribution is 7.22. The number of anilines is 1. The second kappa shape index (κ2) is 8.32. The molecule has 168 valence electrons. The summed E-state index contributed by atoms with van der Waals surface area (Å²) in [5, 5.41) is 13.4. The van der Waals surface area contributed by atoms with Crippen LogP contribution in [0.15, 0.2) is 42.5 Å². The van der Waals surface area contributed by atoms with Crippen molar-refractivity contribution < 1.29 is 19.0 Å². The molecule has 5 rings (SSSR count). The van der Waals surface area contributed by atoms with Crippen LogP contribution < -0.4 is 15.8 Å². The van der Waals surface area contributed by atoms with E-state index in [1.807, 2.05) is 6.07 Å². The van der Waals surface area contributed by atoms with Gasteiger partial charge in [-0.1, -0.05) is 18.3 Å². The van der Waals surface area contributed by atoms with Crippen LogP contribution in [0.1, 0.15) is 34.5 Å². The number of carbonyl (C=O) groups excluding carboxylic acids is 1. The summed E-state index contributed by atoms with van der Waals surface area (Å²) in [4.78, 5) is 21.5. The maximum Gasteiger partial charge on any atom is 0.251 e. The molecule has 1 atom stereocenters. The van der Waals surface area contributed by atoms with Crippen LogP contribution in [-0.2, 0) is 6.42 Å². The molecule has 1 aliphatic heterocycles. The third kappa shape index (κ3) is 4.07. The van der Waals surface area contributed by atoms with E-state index in [1.54, 1.807) is 18.2 Å². The number of phenolic OH excluding ortho intramolecular Hbond substituents is 1. The smallest absolute Gasteiger partial charge is 0.251 e. The van der Waals surface area contributed by atoms with E-state index in [9.17, 15) is 14.3 Å². The number of hydrogen-bond acceptors (Lipinski definition) is 7. The molecule has 0 bridgehead atoms. The van der Waals surface area contributed by atoms with E-state index in [2.05, 4.69) is 17.2 Å². The Morgan fingerprint density at radius 2 is 2.06 bits per heavy atom. The Morgan fingerprint density at radius 3 is 2.85 bits per heavy atom. The number of aromatic nitrogens is 2. The minimum atomic E-state index is -0.311. The lowest BCUT2D eigenvalue weighted by Crippen LogP contribution is -2.26. The molecule has 0 saturated heterocycles. The number of rotatable bonds is 5. The number of carbonyl (C=O) groups is 1. The third-order valence-electron chi connectivity index (χ3n) is 5.60. The number of pyridine rings is 1. The van der Waals surface area contributed by atoms with Crippen molar-refractivity contribution in [1.29, 1.82) is 0 Å². The van der Waals surface area contributed by atoms with Gasteiger partial charge in [0.1, 0.15) is 28.5 Å². The van der Waals surface area contributed by atoms with E-state index in [0.717, 1.165) is 22.6 Å². The van der Waals surface area contributed by atoms with Crippen molar-refractivity contribution in [1.82, 2.24) is 15.3 Å². The molecule has 0 spiro atoms. The molecule has 4 aromatic rings. The monoisotopic (exact) mass is 464 g/mol. The number of hydrogen-bond donors (Lipinski definition) is 3. The number of nitrogens with two attached hydrogens (primary N) is 1. The van der Waals surface area contributed by atoms with Crippen molar-refractivity contribution in [3.05, 3.63) is 65.1 Å². The van der Waals surface area contributed by atoms with Crippen LogP contribution in [0.3, 0.4) is 0 Å². The van der Waals surface area contributed by atoms with Gasteiger partial charge in [-0.05, 0) is 42.5 Å². The first-order valence-corrected chi connectivity index (χ1v) is 11.3. The fourth-order valence-electron chi connectivity index (χ4n) is 3.92. The molecule has 3 heterocycles. The Hall–Kier alpha value is -3.72. The van der Waals surface area contributed by atoms with Crippen LogP contribution in [0, 0.1) is 5.82 Å². The fourth-order valence-corrected chi connectivity index (χ4v) is 4.72. The number of nitrogens with zero attached hydrogens (tertiary/aromatic N) is 2. The molecule has 2 aromatic carbocycles. The number of benzene rings is 2. The standard InChI is InChI=1S/C24H21FN4O3S/c1-12-11-32-22-17(12)10-16(28-20(22)13-2-4-15(25)5-3-13)6-7-27-23(31)14-8-18(30)21-19(9-14)33-24(26)29-21/h2-5,8-10,12,30H,6-7,11H2,1H3,(H2,26,29)(H,27,31). The average molecular weight is 465 g/mol. The highest BCUT2D eigenvalue weighted by Gasteiger charge is 2.26. The van der Waals surface area contributed by atoms with Gasteiger partial charge in [-0.3, -0.25) is 4.79 Å². The van der Waals surface area contributed by atoms with Gasteiger partial charge in [-0.25, -0.2) is 14.4 Å². The van der Waals surface area contributed by atoms with Crippen molar-refractivity contribution in [2.45, 2.75) is 19.3 Å². The minimum absolute atomic E-state index is 0.0798. The summed E-state index contributed by atoms with van der Waals surface area (Å²) in [5.74, 6) is 0.250. The van der Waals surface area contributed by atoms with Crippen molar-refractivity contribution in [2.75, 3.05) is 18.9 Å². The quantitative estimate of drug-likeness (QED) is 0.407. The van der Waals surface area contributed by atoms with Gasteiger partial charge in [0, 0.05) is 41.3 Å². The minimum Gasteiger partial charge on any atom is -0.506 e. The van der Waals surface area contributed by atoms with Crippen molar-refractivity contribution in [3.8, 4) is 22.8 Å². The van der Waals surface area contributed by atoms with Crippen LogP contribution in [0.5, 0.6) is 11.5 Å². The molecule has 0 aliphatic carbocycles. The van der Waals surface area contributed by atoms with Crippen molar-refractivity contribution in [3.63, 3.8) is 0 Å². The fraction of sp³-hybridized carbons (Fsp3) is 0.208. The van der Waals surface area contributed by atoms with Crippen molar-refractivity contribution in [2.24, 2.45) is 0 Å². The van der Waals surface area contributed by atoms with Crippen LogP contribution in [-0.4, -0.2) is 34.1 Å². The van der Waals surface area contributed by atoms with Gasteiger partial charge in [-0.2, -0.15) is 0 Å². The van der Waals surface area contributed by atoms with Crippen LogP contribution >= 0.6 is 11.3 Å². The SMILES string of the molecule is CC1COc2c1cc(CCNC(=O)c1cc(O)c3nc(N)sc3c1)nc2-c1ccc(F)cc1. The zero-order valence-electron chi connectivity index (χ0n) is 17.8. The van der Waals surface area contributed by atoms with Gasteiger partial charge < -0.3 is 20.9 Å². The number of thiazole rings is 1. The third-order valence-corrected chi connectivity index (χ3v) is 6.43. The lowest BCUT2D eigenvalue weighted by Gasteiger charge is -2.12. The second-order valence-corrected chi connectivity index (χ2v) is 9.06. The van der Waals surface area contributed by atoms with Crippen molar-refractivity contribution >= 4 is 32.6 Å². The zero-order valence-corrected chi connectivity index (χ0v) is 18.6. The second-order valence-electron chi connectivity index (χ2n) is 8.00. The molecular weight excluding hydrogens is 443 g/mol. The highest BCUT2D eigenvalue weighted by Crippen LogP contribution is 2.41. The maximum atomic E-state index is 13.4. The first-order valence-electron chi connectivity index (χ1n) is 10.5. The summed E-state index contributed by atoms with van der Waals surface area (Å²) in [5.41, 5.74) is 9.74. The van der Waals surface area contributed by atoms with E-state index in [0.29, 0.717) is 46.2 Å². The van der Waals surface area contributed by atoms with Gasteiger partial charge >= 0.3 is 0 Å². The summed E-state index contributed by atoms with van der Waals surface area (Å²) >= 11 is 1.21. The maximum absolute atomic E-state index is 13.4. The number of nitrogens with one attached hydrogen (secondary N) is 1. The summed E-state index contributed by atoms with van der Waals surface area (Å²) in [6, 6.07) is 11.2. The van der Waals surface area contributed by atoms with Crippen LogP contribution in [0.25, 0.3) is 21.5 Å². The molecule has 0 saturated carbocycles. The van der Waals surface area contributed by atoms with Crippen LogP contribution in [0.2, 0.25) is 0 Å². The summed E-state index contributed by atoms with van der Waals surface area (Å²) < 4.78 is 19.9. The van der Waals surface area contributed by atoms with Gasteiger partial charge in [0.2, 0.25) is 0 Å². The molecule has 0 radical (unpaired) electrons. The van der Waals surface area contributed by atoms with E-state index >= 15 is 0 Å². The van der Waals surface area contributed by atoms with E-state index in [-0.39, 0.29) is 23.4 Å². The molecule has 4 N–H and O–H groups in total. The number of halogens is 1.